The lowest BCUT2D eigenvalue weighted by Gasteiger charge is -2.21. The minimum atomic E-state index is -4.50. The highest BCUT2D eigenvalue weighted by Gasteiger charge is 2.27. The molecule has 8 heteroatoms. The highest BCUT2D eigenvalue weighted by atomic mass is 31.2. The van der Waals surface area contributed by atoms with Crippen LogP contribution in [0.2, 0.25) is 0 Å². The smallest absolute Gasteiger partial charge is 0.372 e. The number of phosphoric acid groups is 1. The van der Waals surface area contributed by atoms with Gasteiger partial charge in [0.2, 0.25) is 0 Å². The average Bonchev–Trinajstić information content (AvgIpc) is 3.17. The van der Waals surface area contributed by atoms with Crippen molar-refractivity contribution in [3.63, 3.8) is 0 Å². The van der Waals surface area contributed by atoms with Gasteiger partial charge in [0.15, 0.2) is 0 Å². The van der Waals surface area contributed by atoms with Gasteiger partial charge >= 0.3 is 7.82 Å². The van der Waals surface area contributed by atoms with E-state index in [1.165, 1.54) is 0 Å². The van der Waals surface area contributed by atoms with Gasteiger partial charge < -0.3 is 29.9 Å². The van der Waals surface area contributed by atoms with Crippen LogP contribution in [0.1, 0.15) is 37.1 Å². The lowest BCUT2D eigenvalue weighted by atomic mass is 9.92. The highest BCUT2D eigenvalue weighted by Crippen LogP contribution is 2.55. The van der Waals surface area contributed by atoms with Crippen LogP contribution in [0, 0.1) is 0 Å². The summed E-state index contributed by atoms with van der Waals surface area (Å²) < 4.78 is 22.8. The Morgan fingerprint density at radius 3 is 1.42 bits per heavy atom. The number of phosphoric ester groups is 1. The van der Waals surface area contributed by atoms with Crippen LogP contribution in [-0.4, -0.2) is 16.3 Å². The third-order valence-electron chi connectivity index (χ3n) is 7.20. The normalized spacial score (nSPS) is 14.2. The zero-order valence-electron chi connectivity index (χ0n) is 25.1. The summed E-state index contributed by atoms with van der Waals surface area (Å²) in [5, 5.41) is 22.1. The average molecular weight is 622 g/mol. The Kier molecular flexibility index (Phi) is 9.99. The van der Waals surface area contributed by atoms with E-state index in [1.54, 1.807) is 26.0 Å². The molecule has 0 aliphatic carbocycles. The van der Waals surface area contributed by atoms with Crippen LogP contribution in [0.15, 0.2) is 133 Å². The topological polar surface area (TPSA) is 127 Å². The van der Waals surface area contributed by atoms with Crippen molar-refractivity contribution in [1.29, 1.82) is 0 Å². The molecular weight excluding hydrogens is 585 g/mol. The fourth-order valence-electron chi connectivity index (χ4n) is 5.20. The lowest BCUT2D eigenvalue weighted by Crippen LogP contribution is -2.56. The number of benzene rings is 6. The molecular formula is C37H36NO6P. The maximum absolute atomic E-state index is 12.3. The molecule has 7 nitrogen and oxygen atoms in total. The van der Waals surface area contributed by atoms with E-state index in [1.807, 2.05) is 121 Å². The molecule has 6 aromatic carbocycles. The fraction of sp³-hybridized carbons (Fsp3) is 0.135. The Labute approximate surface area is 262 Å². The molecule has 0 unspecified atom stereocenters. The summed E-state index contributed by atoms with van der Waals surface area (Å²) in [6.45, 7) is 3.44. The van der Waals surface area contributed by atoms with Crippen LogP contribution < -0.4 is 19.7 Å². The van der Waals surface area contributed by atoms with E-state index in [4.69, 9.17) is 14.2 Å². The number of hydrogen-bond donors (Lipinski definition) is 3. The van der Waals surface area contributed by atoms with Crippen molar-refractivity contribution in [3.05, 3.63) is 145 Å². The van der Waals surface area contributed by atoms with E-state index in [0.29, 0.717) is 0 Å². The molecule has 230 valence electrons. The van der Waals surface area contributed by atoms with Crippen molar-refractivity contribution in [2.75, 3.05) is 0 Å². The second-order valence-electron chi connectivity index (χ2n) is 10.9. The minimum Gasteiger partial charge on any atom is -0.736 e. The molecule has 0 aromatic heterocycles. The van der Waals surface area contributed by atoms with Crippen molar-refractivity contribution in [3.8, 4) is 22.6 Å². The Bertz CT molecular complexity index is 1790. The van der Waals surface area contributed by atoms with E-state index in [0.717, 1.165) is 43.8 Å². The van der Waals surface area contributed by atoms with Gasteiger partial charge in [0, 0.05) is 22.8 Å². The summed E-state index contributed by atoms with van der Waals surface area (Å²) >= 11 is 0. The van der Waals surface area contributed by atoms with Crippen molar-refractivity contribution in [2.45, 2.75) is 32.1 Å². The fourth-order valence-corrected chi connectivity index (χ4v) is 6.02. The zero-order valence-corrected chi connectivity index (χ0v) is 26.0. The molecule has 0 amide bonds. The van der Waals surface area contributed by atoms with Crippen molar-refractivity contribution >= 4 is 29.4 Å². The second-order valence-corrected chi connectivity index (χ2v) is 12.2. The van der Waals surface area contributed by atoms with Gasteiger partial charge in [0.05, 0.1) is 0 Å². The number of rotatable bonds is 3. The van der Waals surface area contributed by atoms with Crippen LogP contribution in [0.5, 0.6) is 11.5 Å². The van der Waals surface area contributed by atoms with Crippen molar-refractivity contribution in [2.24, 2.45) is 0 Å². The van der Waals surface area contributed by atoms with Crippen LogP contribution in [-0.2, 0) is 4.57 Å². The van der Waals surface area contributed by atoms with Gasteiger partial charge in [-0.1, -0.05) is 121 Å². The molecule has 45 heavy (non-hydrogen) atoms. The van der Waals surface area contributed by atoms with Gasteiger partial charge in [0.1, 0.15) is 23.6 Å². The van der Waals surface area contributed by atoms with E-state index >= 15 is 0 Å². The molecule has 2 atom stereocenters. The Morgan fingerprint density at radius 2 is 0.978 bits per heavy atom. The van der Waals surface area contributed by atoms with E-state index < -0.39 is 13.9 Å². The molecule has 0 fully saturated rings. The number of aliphatic hydroxyl groups is 2. The summed E-state index contributed by atoms with van der Waals surface area (Å²) in [4.78, 5) is 12.3. The number of aliphatic hydroxyl groups excluding tert-OH is 2. The van der Waals surface area contributed by atoms with Gasteiger partial charge in [-0.3, -0.25) is 0 Å². The van der Waals surface area contributed by atoms with Gasteiger partial charge in [-0.05, 0) is 53.1 Å². The Morgan fingerprint density at radius 1 is 0.600 bits per heavy atom. The molecule has 6 aromatic rings. The van der Waals surface area contributed by atoms with Gasteiger partial charge in [-0.25, -0.2) is 4.57 Å². The summed E-state index contributed by atoms with van der Waals surface area (Å²) in [7, 11) is -4.50. The van der Waals surface area contributed by atoms with Crippen molar-refractivity contribution in [1.82, 2.24) is 0 Å². The minimum absolute atomic E-state index is 0.136. The maximum atomic E-state index is 12.3. The van der Waals surface area contributed by atoms with Crippen molar-refractivity contribution < 1.29 is 34.5 Å². The first-order valence-electron chi connectivity index (χ1n) is 14.7. The SMILES string of the molecule is CC(C)O.O=P1([O-])Oc2ccc3ccccc3c2-c2c(ccc3ccccc23)O1.[NH3+][C@@H](c1ccccc1)[C@H](O)c1ccccc1. The first-order valence-corrected chi connectivity index (χ1v) is 16.1. The molecule has 0 radical (unpaired) electrons. The van der Waals surface area contributed by atoms with Crippen LogP contribution >= 0.6 is 7.82 Å². The standard InChI is InChI=1S/C20H13O4P.C14H15NO.C3H8O/c21-25(22)23-17-11-9-13-5-1-3-7-15(13)19(17)20-16-8-4-2-6-14(16)10-12-18(20)24-25;15-13(11-7-3-1-4-8-11)14(16)12-9-5-2-6-10-12;1-3(2)4/h1-12H,(H,21,22);1-10,13-14,16H,15H2;3-4H,1-2H3/t;13-,14+;/m.0./s1. The molecule has 0 saturated heterocycles. The quantitative estimate of drug-likeness (QED) is 0.183. The first kappa shape index (κ1) is 31.9. The largest absolute Gasteiger partial charge is 0.736 e. The predicted octanol–water partition coefficient (Wildman–Crippen LogP) is 6.99. The van der Waals surface area contributed by atoms with Gasteiger partial charge in [0.25, 0.3) is 0 Å². The molecule has 0 bridgehead atoms. The van der Waals surface area contributed by atoms with E-state index in [-0.39, 0.29) is 23.6 Å². The van der Waals surface area contributed by atoms with Gasteiger partial charge in [-0.15, -0.1) is 0 Å². The Balaban J connectivity index is 0.000000172. The first-order chi connectivity index (χ1) is 21.6. The monoisotopic (exact) mass is 621 g/mol. The third kappa shape index (κ3) is 7.60. The van der Waals surface area contributed by atoms with Crippen LogP contribution in [0.25, 0.3) is 32.7 Å². The molecule has 1 aliphatic heterocycles. The summed E-state index contributed by atoms with van der Waals surface area (Å²) in [6.07, 6.45) is -0.719. The second kappa shape index (κ2) is 14.1. The molecule has 5 N–H and O–H groups in total. The number of fused-ring (bicyclic) bond motifs is 7. The molecule has 0 spiro atoms. The Hall–Kier alpha value is -4.49. The summed E-state index contributed by atoms with van der Waals surface area (Å²) in [5.41, 5.74) is 7.47. The lowest BCUT2D eigenvalue weighted by molar-refractivity contribution is -0.446. The predicted molar refractivity (Wildman–Crippen MR) is 177 cm³/mol. The highest BCUT2D eigenvalue weighted by molar-refractivity contribution is 7.46. The summed E-state index contributed by atoms with van der Waals surface area (Å²) in [5.74, 6) is 0.569. The van der Waals surface area contributed by atoms with Crippen LogP contribution in [0.3, 0.4) is 0 Å². The number of hydrogen-bond acceptors (Lipinski definition) is 6. The molecule has 1 heterocycles. The van der Waals surface area contributed by atoms with Crippen LogP contribution in [0.4, 0.5) is 0 Å². The van der Waals surface area contributed by atoms with Gasteiger partial charge in [-0.2, -0.15) is 0 Å². The van der Waals surface area contributed by atoms with E-state index in [2.05, 4.69) is 5.73 Å². The summed E-state index contributed by atoms with van der Waals surface area (Å²) in [6, 6.07) is 42.1. The maximum Gasteiger partial charge on any atom is 0.372 e. The molecule has 0 saturated carbocycles. The number of quaternary nitrogens is 1. The van der Waals surface area contributed by atoms with E-state index in [9.17, 15) is 14.6 Å². The third-order valence-corrected chi connectivity index (χ3v) is 8.04. The molecule has 1 aliphatic rings. The zero-order chi connectivity index (χ0) is 32.0. The molecule has 7 rings (SSSR count).